The monoisotopic (exact) mass is 321 g/mol. The van der Waals surface area contributed by atoms with Crippen molar-refractivity contribution in [2.24, 2.45) is 0 Å². The van der Waals surface area contributed by atoms with E-state index < -0.39 is 0 Å². The maximum atomic E-state index is 12.1. The molecule has 0 aliphatic heterocycles. The standard InChI is InChI=1S/C18H15N3OS/c1-13-21-17(12-23-13)15-10-16(20-11-15)18(22)19-9-5-8-14-6-3-2-4-7-14/h2-4,6-7,10-12,20H,9H2,1H3,(H,19,22). The fourth-order valence-electron chi connectivity index (χ4n) is 2.06. The van der Waals surface area contributed by atoms with Crippen molar-refractivity contribution in [1.82, 2.24) is 15.3 Å². The van der Waals surface area contributed by atoms with Gasteiger partial charge in [-0.3, -0.25) is 4.79 Å². The first-order chi connectivity index (χ1) is 11.2. The van der Waals surface area contributed by atoms with E-state index in [-0.39, 0.29) is 5.91 Å². The zero-order valence-electron chi connectivity index (χ0n) is 12.6. The van der Waals surface area contributed by atoms with Gasteiger partial charge in [0.2, 0.25) is 0 Å². The van der Waals surface area contributed by atoms with Gasteiger partial charge >= 0.3 is 0 Å². The van der Waals surface area contributed by atoms with E-state index in [0.717, 1.165) is 21.8 Å². The lowest BCUT2D eigenvalue weighted by atomic mass is 10.2. The number of carbonyl (C=O) groups excluding carboxylic acids is 1. The molecule has 0 saturated carbocycles. The van der Waals surface area contributed by atoms with Gasteiger partial charge in [0, 0.05) is 22.7 Å². The highest BCUT2D eigenvalue weighted by Crippen LogP contribution is 2.22. The molecule has 114 valence electrons. The molecule has 3 rings (SSSR count). The lowest BCUT2D eigenvalue weighted by molar-refractivity contribution is 0.0954. The number of thiazole rings is 1. The van der Waals surface area contributed by atoms with Gasteiger partial charge in [-0.1, -0.05) is 30.0 Å². The van der Waals surface area contributed by atoms with Crippen molar-refractivity contribution in [2.75, 3.05) is 6.54 Å². The van der Waals surface area contributed by atoms with Crippen LogP contribution < -0.4 is 5.32 Å². The molecular weight excluding hydrogens is 306 g/mol. The number of benzene rings is 1. The van der Waals surface area contributed by atoms with Crippen LogP contribution in [0.25, 0.3) is 11.3 Å². The number of hydrogen-bond acceptors (Lipinski definition) is 3. The third-order valence-corrected chi connectivity index (χ3v) is 3.96. The van der Waals surface area contributed by atoms with Crippen molar-refractivity contribution >= 4 is 17.2 Å². The van der Waals surface area contributed by atoms with Gasteiger partial charge in [-0.25, -0.2) is 4.98 Å². The minimum atomic E-state index is -0.175. The normalized spacial score (nSPS) is 9.96. The second-order valence-electron chi connectivity index (χ2n) is 4.90. The van der Waals surface area contributed by atoms with Crippen LogP contribution in [0.4, 0.5) is 0 Å². The molecule has 0 spiro atoms. The third-order valence-electron chi connectivity index (χ3n) is 3.19. The summed E-state index contributed by atoms with van der Waals surface area (Å²) < 4.78 is 0. The Kier molecular flexibility index (Phi) is 4.55. The van der Waals surface area contributed by atoms with Gasteiger partial charge < -0.3 is 10.3 Å². The largest absolute Gasteiger partial charge is 0.357 e. The van der Waals surface area contributed by atoms with Crippen molar-refractivity contribution in [3.05, 3.63) is 64.2 Å². The zero-order valence-corrected chi connectivity index (χ0v) is 13.4. The minimum Gasteiger partial charge on any atom is -0.357 e. The third kappa shape index (κ3) is 3.87. The SMILES string of the molecule is Cc1nc(-c2c[nH]c(C(=O)NCC#Cc3ccccc3)c2)cs1. The Morgan fingerprint density at radius 3 is 2.91 bits per heavy atom. The van der Waals surface area contributed by atoms with Gasteiger partial charge in [0.15, 0.2) is 0 Å². The summed E-state index contributed by atoms with van der Waals surface area (Å²) in [7, 11) is 0. The second kappa shape index (κ2) is 6.95. The molecule has 0 unspecified atom stereocenters. The Hall–Kier alpha value is -2.84. The van der Waals surface area contributed by atoms with Crippen LogP contribution in [0.3, 0.4) is 0 Å². The summed E-state index contributed by atoms with van der Waals surface area (Å²) >= 11 is 1.59. The fraction of sp³-hybridized carbons (Fsp3) is 0.111. The highest BCUT2D eigenvalue weighted by Gasteiger charge is 2.10. The number of amides is 1. The van der Waals surface area contributed by atoms with Crippen molar-refractivity contribution in [3.8, 4) is 23.1 Å². The average Bonchev–Trinajstić information content (AvgIpc) is 3.21. The molecule has 1 aromatic carbocycles. The first kappa shape index (κ1) is 15.1. The van der Waals surface area contributed by atoms with Crippen molar-refractivity contribution in [3.63, 3.8) is 0 Å². The Morgan fingerprint density at radius 1 is 1.35 bits per heavy atom. The predicted molar refractivity (Wildman–Crippen MR) is 92.3 cm³/mol. The van der Waals surface area contributed by atoms with Gasteiger partial charge in [-0.2, -0.15) is 0 Å². The molecule has 2 heterocycles. The van der Waals surface area contributed by atoms with Crippen molar-refractivity contribution in [1.29, 1.82) is 0 Å². The van der Waals surface area contributed by atoms with Crippen LogP contribution in [-0.2, 0) is 0 Å². The molecule has 2 aromatic heterocycles. The van der Waals surface area contributed by atoms with E-state index in [4.69, 9.17) is 0 Å². The molecule has 5 heteroatoms. The molecule has 3 aromatic rings. The summed E-state index contributed by atoms with van der Waals surface area (Å²) in [6, 6.07) is 11.5. The number of aryl methyl sites for hydroxylation is 1. The summed E-state index contributed by atoms with van der Waals surface area (Å²) in [6.07, 6.45) is 1.79. The van der Waals surface area contributed by atoms with E-state index in [1.54, 1.807) is 23.6 Å². The van der Waals surface area contributed by atoms with E-state index >= 15 is 0 Å². The van der Waals surface area contributed by atoms with Crippen LogP contribution in [-0.4, -0.2) is 22.4 Å². The average molecular weight is 321 g/mol. The highest BCUT2D eigenvalue weighted by atomic mass is 32.1. The lowest BCUT2D eigenvalue weighted by Gasteiger charge is -1.97. The quantitative estimate of drug-likeness (QED) is 0.728. The summed E-state index contributed by atoms with van der Waals surface area (Å²) in [5.41, 5.74) is 3.23. The number of aromatic nitrogens is 2. The molecular formula is C18H15N3OS. The maximum absolute atomic E-state index is 12.1. The Labute approximate surface area is 138 Å². The highest BCUT2D eigenvalue weighted by molar-refractivity contribution is 7.09. The number of H-pyrrole nitrogens is 1. The number of nitrogens with zero attached hydrogens (tertiary/aromatic N) is 1. The molecule has 0 atom stereocenters. The first-order valence-corrected chi connectivity index (χ1v) is 8.03. The van der Waals surface area contributed by atoms with E-state index in [9.17, 15) is 4.79 Å². The molecule has 23 heavy (non-hydrogen) atoms. The summed E-state index contributed by atoms with van der Waals surface area (Å²) in [5.74, 6) is 5.76. The number of aromatic amines is 1. The van der Waals surface area contributed by atoms with Crippen LogP contribution in [0.2, 0.25) is 0 Å². The van der Waals surface area contributed by atoms with Crippen LogP contribution >= 0.6 is 11.3 Å². The van der Waals surface area contributed by atoms with Gasteiger partial charge in [-0.05, 0) is 25.1 Å². The minimum absolute atomic E-state index is 0.175. The Morgan fingerprint density at radius 2 is 2.17 bits per heavy atom. The van der Waals surface area contributed by atoms with Crippen molar-refractivity contribution < 1.29 is 4.79 Å². The van der Waals surface area contributed by atoms with E-state index in [1.165, 1.54) is 0 Å². The topological polar surface area (TPSA) is 57.8 Å². The molecule has 0 aliphatic rings. The second-order valence-corrected chi connectivity index (χ2v) is 5.97. The number of rotatable bonds is 3. The molecule has 4 nitrogen and oxygen atoms in total. The van der Waals surface area contributed by atoms with E-state index in [0.29, 0.717) is 12.2 Å². The molecule has 0 saturated heterocycles. The number of hydrogen-bond donors (Lipinski definition) is 2. The molecule has 0 bridgehead atoms. The fourth-order valence-corrected chi connectivity index (χ4v) is 2.68. The van der Waals surface area contributed by atoms with Gasteiger partial charge in [-0.15, -0.1) is 11.3 Å². The molecule has 2 N–H and O–H groups in total. The smallest absolute Gasteiger partial charge is 0.268 e. The molecule has 0 aliphatic carbocycles. The van der Waals surface area contributed by atoms with Crippen LogP contribution in [0.15, 0.2) is 48.0 Å². The zero-order chi connectivity index (χ0) is 16.1. The van der Waals surface area contributed by atoms with Gasteiger partial charge in [0.1, 0.15) is 5.69 Å². The molecule has 0 radical (unpaired) electrons. The summed E-state index contributed by atoms with van der Waals surface area (Å²) in [5, 5.41) is 5.76. The number of carbonyl (C=O) groups is 1. The maximum Gasteiger partial charge on any atom is 0.268 e. The molecule has 1 amide bonds. The Balaban J connectivity index is 1.59. The Bertz CT molecular complexity index is 868. The van der Waals surface area contributed by atoms with Gasteiger partial charge in [0.25, 0.3) is 5.91 Å². The molecule has 0 fully saturated rings. The van der Waals surface area contributed by atoms with Crippen LogP contribution in [0, 0.1) is 18.8 Å². The van der Waals surface area contributed by atoms with Crippen LogP contribution in [0.5, 0.6) is 0 Å². The van der Waals surface area contributed by atoms with E-state index in [2.05, 4.69) is 27.1 Å². The predicted octanol–water partition coefficient (Wildman–Crippen LogP) is 3.23. The lowest BCUT2D eigenvalue weighted by Crippen LogP contribution is -2.23. The first-order valence-electron chi connectivity index (χ1n) is 7.15. The number of nitrogens with one attached hydrogen (secondary N) is 2. The van der Waals surface area contributed by atoms with Gasteiger partial charge in [0.05, 0.1) is 17.2 Å². The van der Waals surface area contributed by atoms with E-state index in [1.807, 2.05) is 42.6 Å². The van der Waals surface area contributed by atoms with Crippen molar-refractivity contribution in [2.45, 2.75) is 6.92 Å². The summed E-state index contributed by atoms with van der Waals surface area (Å²) in [4.78, 5) is 19.5. The summed E-state index contributed by atoms with van der Waals surface area (Å²) in [6.45, 7) is 2.26. The van der Waals surface area contributed by atoms with Crippen LogP contribution in [0.1, 0.15) is 21.1 Å².